The fourth-order valence-electron chi connectivity index (χ4n) is 3.55. The average Bonchev–Trinajstić information content (AvgIpc) is 3.01. The fraction of sp³-hybridized carbons (Fsp3) is 0.227. The summed E-state index contributed by atoms with van der Waals surface area (Å²) in [4.78, 5) is 28.8. The molecule has 0 aliphatic rings. The van der Waals surface area contributed by atoms with E-state index in [9.17, 15) is 9.59 Å². The van der Waals surface area contributed by atoms with Gasteiger partial charge in [0.25, 0.3) is 5.56 Å². The van der Waals surface area contributed by atoms with Gasteiger partial charge in [-0.25, -0.2) is 4.52 Å². The lowest BCUT2D eigenvalue weighted by Crippen LogP contribution is -2.29. The third kappa shape index (κ3) is 3.59. The summed E-state index contributed by atoms with van der Waals surface area (Å²) in [6, 6.07) is 16.8. The number of hydrogen-bond acceptors (Lipinski definition) is 4. The lowest BCUT2D eigenvalue weighted by atomic mass is 10.2. The highest BCUT2D eigenvalue weighted by atomic mass is 16.5. The Balaban J connectivity index is 1.64. The molecule has 0 aliphatic heterocycles. The van der Waals surface area contributed by atoms with Gasteiger partial charge < -0.3 is 10.1 Å². The maximum absolute atomic E-state index is 12.8. The van der Waals surface area contributed by atoms with E-state index >= 15 is 0 Å². The second-order valence-electron chi connectivity index (χ2n) is 6.76. The first kappa shape index (κ1) is 18.7. The van der Waals surface area contributed by atoms with Gasteiger partial charge in [0.15, 0.2) is 5.65 Å². The predicted octanol–water partition coefficient (Wildman–Crippen LogP) is 2.67. The molecule has 4 aromatic rings. The second kappa shape index (κ2) is 7.79. The van der Waals surface area contributed by atoms with Gasteiger partial charge in [0.05, 0.1) is 12.1 Å². The summed E-state index contributed by atoms with van der Waals surface area (Å²) in [6.07, 6.45) is 0. The number of amides is 1. The van der Waals surface area contributed by atoms with Gasteiger partial charge in [0.1, 0.15) is 12.3 Å². The van der Waals surface area contributed by atoms with Crippen molar-refractivity contribution in [2.75, 3.05) is 6.61 Å². The summed E-state index contributed by atoms with van der Waals surface area (Å²) >= 11 is 0. The molecule has 0 unspecified atom stereocenters. The third-order valence-corrected chi connectivity index (χ3v) is 4.79. The molecule has 0 aliphatic carbocycles. The molecule has 1 N–H and O–H groups in total. The number of aromatic nitrogens is 3. The monoisotopic (exact) mass is 390 g/mol. The number of nitrogens with one attached hydrogen (secondary N) is 1. The van der Waals surface area contributed by atoms with Gasteiger partial charge in [-0.3, -0.25) is 14.3 Å². The molecule has 1 amide bonds. The van der Waals surface area contributed by atoms with E-state index < -0.39 is 0 Å². The van der Waals surface area contributed by atoms with E-state index in [-0.39, 0.29) is 18.0 Å². The third-order valence-electron chi connectivity index (χ3n) is 4.79. The summed E-state index contributed by atoms with van der Waals surface area (Å²) in [5.74, 6) is 0.626. The zero-order valence-corrected chi connectivity index (χ0v) is 16.4. The number of hydrogen-bond donors (Lipinski definition) is 1. The lowest BCUT2D eigenvalue weighted by Gasteiger charge is -2.13. The highest BCUT2D eigenvalue weighted by Crippen LogP contribution is 2.21. The summed E-state index contributed by atoms with van der Waals surface area (Å²) in [6.45, 7) is 4.81. The van der Waals surface area contributed by atoms with E-state index in [1.165, 1.54) is 6.07 Å². The van der Waals surface area contributed by atoms with E-state index in [1.54, 1.807) is 0 Å². The van der Waals surface area contributed by atoms with Crippen LogP contribution >= 0.6 is 0 Å². The molecule has 0 saturated carbocycles. The Bertz CT molecular complexity index is 1260. The second-order valence-corrected chi connectivity index (χ2v) is 6.76. The zero-order valence-electron chi connectivity index (χ0n) is 16.4. The van der Waals surface area contributed by atoms with Crippen LogP contribution in [-0.4, -0.2) is 26.7 Å². The van der Waals surface area contributed by atoms with E-state index in [4.69, 9.17) is 4.74 Å². The molecule has 0 bridgehead atoms. The number of ether oxygens (including phenoxy) is 1. The minimum absolute atomic E-state index is 0.103. The maximum atomic E-state index is 12.8. The minimum Gasteiger partial charge on any atom is -0.494 e. The lowest BCUT2D eigenvalue weighted by molar-refractivity contribution is -0.122. The van der Waals surface area contributed by atoms with Crippen molar-refractivity contribution in [3.05, 3.63) is 76.2 Å². The van der Waals surface area contributed by atoms with Gasteiger partial charge >= 0.3 is 0 Å². The minimum atomic E-state index is -0.289. The summed E-state index contributed by atoms with van der Waals surface area (Å²) < 4.78 is 9.28. The topological polar surface area (TPSA) is 77.6 Å². The molecule has 7 nitrogen and oxygen atoms in total. The highest BCUT2D eigenvalue weighted by molar-refractivity contribution is 5.93. The Hall–Kier alpha value is -3.61. The molecule has 2 aromatic carbocycles. The Morgan fingerprint density at radius 2 is 1.90 bits per heavy atom. The number of carbonyl (C=O) groups is 1. The van der Waals surface area contributed by atoms with Gasteiger partial charge in [0.2, 0.25) is 5.91 Å². The first-order chi connectivity index (χ1) is 14.1. The SMILES string of the molecule is CCOc1ccccc1CNC(=O)Cn1c2ccccc2c2nc(=O)cc(C)n21. The van der Waals surface area contributed by atoms with Crippen LogP contribution in [-0.2, 0) is 17.9 Å². The molecule has 0 spiro atoms. The van der Waals surface area contributed by atoms with Crippen LogP contribution in [0.15, 0.2) is 59.4 Å². The van der Waals surface area contributed by atoms with Crippen molar-refractivity contribution in [1.29, 1.82) is 0 Å². The Labute approximate surface area is 167 Å². The molecule has 2 heterocycles. The van der Waals surface area contributed by atoms with Crippen molar-refractivity contribution >= 4 is 22.5 Å². The quantitative estimate of drug-likeness (QED) is 0.549. The summed E-state index contributed by atoms with van der Waals surface area (Å²) in [5, 5.41) is 3.80. The normalized spacial score (nSPS) is 11.1. The molecule has 0 radical (unpaired) electrons. The van der Waals surface area contributed by atoms with Crippen LogP contribution in [0.3, 0.4) is 0 Å². The van der Waals surface area contributed by atoms with Gasteiger partial charge in [-0.05, 0) is 32.0 Å². The Kier molecular flexibility index (Phi) is 5.03. The zero-order chi connectivity index (χ0) is 20.4. The van der Waals surface area contributed by atoms with E-state index in [0.717, 1.165) is 27.9 Å². The Morgan fingerprint density at radius 3 is 2.72 bits per heavy atom. The summed E-state index contributed by atoms with van der Waals surface area (Å²) in [5.41, 5.74) is 2.76. The molecule has 0 atom stereocenters. The van der Waals surface area contributed by atoms with Crippen molar-refractivity contribution in [1.82, 2.24) is 19.5 Å². The van der Waals surface area contributed by atoms with Gasteiger partial charge in [-0.1, -0.05) is 30.3 Å². The fourth-order valence-corrected chi connectivity index (χ4v) is 3.55. The number of para-hydroxylation sites is 2. The van der Waals surface area contributed by atoms with Crippen LogP contribution in [0.1, 0.15) is 18.2 Å². The number of rotatable bonds is 6. The molecule has 0 saturated heterocycles. The van der Waals surface area contributed by atoms with E-state index in [2.05, 4.69) is 10.3 Å². The molecular weight excluding hydrogens is 368 g/mol. The molecule has 4 rings (SSSR count). The number of fused-ring (bicyclic) bond motifs is 3. The number of benzene rings is 2. The average molecular weight is 390 g/mol. The van der Waals surface area contributed by atoms with Crippen LogP contribution in [0.25, 0.3) is 16.6 Å². The van der Waals surface area contributed by atoms with E-state index in [0.29, 0.717) is 18.8 Å². The van der Waals surface area contributed by atoms with Crippen molar-refractivity contribution < 1.29 is 9.53 Å². The predicted molar refractivity (Wildman–Crippen MR) is 111 cm³/mol. The van der Waals surface area contributed by atoms with Crippen molar-refractivity contribution in [3.63, 3.8) is 0 Å². The van der Waals surface area contributed by atoms with Crippen molar-refractivity contribution in [2.45, 2.75) is 26.9 Å². The molecular formula is C22H22N4O3. The first-order valence-corrected chi connectivity index (χ1v) is 9.54. The molecule has 29 heavy (non-hydrogen) atoms. The van der Waals surface area contributed by atoms with E-state index in [1.807, 2.05) is 71.6 Å². The van der Waals surface area contributed by atoms with Crippen LogP contribution in [0.5, 0.6) is 5.75 Å². The molecule has 7 heteroatoms. The van der Waals surface area contributed by atoms with Crippen LogP contribution in [0.2, 0.25) is 0 Å². The Morgan fingerprint density at radius 1 is 1.14 bits per heavy atom. The van der Waals surface area contributed by atoms with Crippen LogP contribution in [0, 0.1) is 6.92 Å². The van der Waals surface area contributed by atoms with Crippen LogP contribution < -0.4 is 15.6 Å². The van der Waals surface area contributed by atoms with Gasteiger partial charge in [0, 0.05) is 29.3 Å². The largest absolute Gasteiger partial charge is 0.494 e. The molecule has 148 valence electrons. The molecule has 2 aromatic heterocycles. The number of nitrogens with zero attached hydrogens (tertiary/aromatic N) is 3. The van der Waals surface area contributed by atoms with Gasteiger partial charge in [-0.15, -0.1) is 0 Å². The maximum Gasteiger partial charge on any atom is 0.273 e. The molecule has 0 fully saturated rings. The summed E-state index contributed by atoms with van der Waals surface area (Å²) in [7, 11) is 0. The van der Waals surface area contributed by atoms with Crippen molar-refractivity contribution in [2.24, 2.45) is 0 Å². The number of carbonyl (C=O) groups excluding carboxylic acids is 1. The van der Waals surface area contributed by atoms with Crippen LogP contribution in [0.4, 0.5) is 0 Å². The van der Waals surface area contributed by atoms with Crippen molar-refractivity contribution in [3.8, 4) is 5.75 Å². The smallest absolute Gasteiger partial charge is 0.273 e. The van der Waals surface area contributed by atoms with Gasteiger partial charge in [-0.2, -0.15) is 4.98 Å². The first-order valence-electron chi connectivity index (χ1n) is 9.54. The standard InChI is InChI=1S/C22H22N4O3/c1-3-29-19-11-7-4-8-16(19)13-23-21(28)14-25-18-10-6-5-9-17(18)22-24-20(27)12-15(2)26(22)25/h4-12H,3,13-14H2,1-2H3,(H,23,28). The number of aryl methyl sites for hydroxylation is 1. The highest BCUT2D eigenvalue weighted by Gasteiger charge is 2.15.